The van der Waals surface area contributed by atoms with Gasteiger partial charge in [-0.25, -0.2) is 0 Å². The highest BCUT2D eigenvalue weighted by Gasteiger charge is 2.34. The number of amides is 2. The topological polar surface area (TPSA) is 123 Å². The standard InChI is InChI=1S/C36H35N3O7/c1-23(40)17-25-9-13-30(14-10-25)46-21-28-18-27(11-16-33(28)44-3)35-38-32-15-12-29(37-34(42)22-45-24(2)41)19-31(32)36(43)39(35)20-26-7-5-4-6-8-26/h4-16,18-19,35,38H,17,20-22H2,1-3H3,(H,37,42). The second kappa shape index (κ2) is 14.4. The number of esters is 1. The van der Waals surface area contributed by atoms with E-state index in [9.17, 15) is 19.2 Å². The number of hydrogen-bond donors (Lipinski definition) is 2. The Bertz CT molecular complexity index is 1740. The number of benzene rings is 4. The fourth-order valence-electron chi connectivity index (χ4n) is 5.23. The highest BCUT2D eigenvalue weighted by atomic mass is 16.5. The molecule has 2 amide bonds. The summed E-state index contributed by atoms with van der Waals surface area (Å²) in [6.45, 7) is 2.91. The molecule has 1 unspecified atom stereocenters. The molecule has 10 heteroatoms. The van der Waals surface area contributed by atoms with Crippen LogP contribution < -0.4 is 20.1 Å². The minimum atomic E-state index is -0.560. The first-order valence-electron chi connectivity index (χ1n) is 14.8. The quantitative estimate of drug-likeness (QED) is 0.194. The molecule has 10 nitrogen and oxygen atoms in total. The molecule has 0 saturated carbocycles. The van der Waals surface area contributed by atoms with Crippen LogP contribution in [0.2, 0.25) is 0 Å². The first-order chi connectivity index (χ1) is 22.2. The second-order valence-electron chi connectivity index (χ2n) is 10.9. The van der Waals surface area contributed by atoms with E-state index < -0.39 is 24.6 Å². The number of carbonyl (C=O) groups is 4. The van der Waals surface area contributed by atoms with E-state index in [-0.39, 0.29) is 18.3 Å². The van der Waals surface area contributed by atoms with Crippen molar-refractivity contribution in [3.05, 3.63) is 119 Å². The molecular formula is C36H35N3O7. The summed E-state index contributed by atoms with van der Waals surface area (Å²) >= 11 is 0. The molecule has 1 aliphatic rings. The lowest BCUT2D eigenvalue weighted by Gasteiger charge is -2.38. The molecule has 0 aliphatic carbocycles. The van der Waals surface area contributed by atoms with E-state index in [0.717, 1.165) is 22.3 Å². The molecule has 0 bridgehead atoms. The third-order valence-electron chi connectivity index (χ3n) is 7.39. The molecule has 2 N–H and O–H groups in total. The zero-order chi connectivity index (χ0) is 32.6. The fourth-order valence-corrected chi connectivity index (χ4v) is 5.23. The van der Waals surface area contributed by atoms with E-state index in [1.807, 2.05) is 72.8 Å². The summed E-state index contributed by atoms with van der Waals surface area (Å²) < 4.78 is 16.5. The zero-order valence-electron chi connectivity index (χ0n) is 25.9. The molecule has 0 radical (unpaired) electrons. The van der Waals surface area contributed by atoms with Gasteiger partial charge >= 0.3 is 5.97 Å². The van der Waals surface area contributed by atoms with Gasteiger partial charge in [0.2, 0.25) is 0 Å². The maximum Gasteiger partial charge on any atom is 0.303 e. The number of nitrogens with zero attached hydrogens (tertiary/aromatic N) is 1. The minimum Gasteiger partial charge on any atom is -0.496 e. The monoisotopic (exact) mass is 621 g/mol. The van der Waals surface area contributed by atoms with Crippen LogP contribution in [0.3, 0.4) is 0 Å². The van der Waals surface area contributed by atoms with Crippen molar-refractivity contribution >= 4 is 34.9 Å². The van der Waals surface area contributed by atoms with Crippen molar-refractivity contribution in [3.63, 3.8) is 0 Å². The van der Waals surface area contributed by atoms with Crippen LogP contribution in [-0.2, 0) is 38.7 Å². The Morgan fingerprint density at radius 1 is 0.891 bits per heavy atom. The highest BCUT2D eigenvalue weighted by Crippen LogP contribution is 2.37. The molecule has 1 atom stereocenters. The van der Waals surface area contributed by atoms with Gasteiger partial charge in [-0.2, -0.15) is 0 Å². The minimum absolute atomic E-state index is 0.0948. The normalized spacial score (nSPS) is 13.7. The number of Topliss-reactive ketones (excluding diaryl/α,β-unsaturated/α-hetero) is 1. The number of ether oxygens (including phenoxy) is 3. The lowest BCUT2D eigenvalue weighted by Crippen LogP contribution is -2.42. The van der Waals surface area contributed by atoms with Gasteiger partial charge in [-0.3, -0.25) is 19.2 Å². The molecular weight excluding hydrogens is 586 g/mol. The zero-order valence-corrected chi connectivity index (χ0v) is 25.9. The first kappa shape index (κ1) is 31.8. The largest absolute Gasteiger partial charge is 0.496 e. The lowest BCUT2D eigenvalue weighted by molar-refractivity contribution is -0.144. The van der Waals surface area contributed by atoms with Gasteiger partial charge < -0.3 is 29.7 Å². The third kappa shape index (κ3) is 7.89. The van der Waals surface area contributed by atoms with Crippen molar-refractivity contribution in [1.82, 2.24) is 4.90 Å². The number of carbonyl (C=O) groups excluding carboxylic acids is 4. The van der Waals surface area contributed by atoms with Crippen LogP contribution >= 0.6 is 0 Å². The Hall–Kier alpha value is -5.64. The van der Waals surface area contributed by atoms with Crippen LogP contribution in [0.25, 0.3) is 0 Å². The van der Waals surface area contributed by atoms with Crippen molar-refractivity contribution in [2.75, 3.05) is 24.4 Å². The summed E-state index contributed by atoms with van der Waals surface area (Å²) in [5, 5.41) is 6.19. The van der Waals surface area contributed by atoms with Gasteiger partial charge in [-0.05, 0) is 66.1 Å². The number of rotatable bonds is 12. The van der Waals surface area contributed by atoms with Crippen LogP contribution in [0.15, 0.2) is 91.0 Å². The highest BCUT2D eigenvalue weighted by molar-refractivity contribution is 6.04. The Kier molecular flexibility index (Phi) is 9.97. The molecule has 4 aromatic rings. The average Bonchev–Trinajstić information content (AvgIpc) is 3.05. The summed E-state index contributed by atoms with van der Waals surface area (Å²) in [4.78, 5) is 50.6. The number of anilines is 2. The predicted molar refractivity (Wildman–Crippen MR) is 173 cm³/mol. The third-order valence-corrected chi connectivity index (χ3v) is 7.39. The molecule has 0 spiro atoms. The summed E-state index contributed by atoms with van der Waals surface area (Å²) in [7, 11) is 1.60. The van der Waals surface area contributed by atoms with Crippen molar-refractivity contribution in [3.8, 4) is 11.5 Å². The van der Waals surface area contributed by atoms with Crippen molar-refractivity contribution < 1.29 is 33.4 Å². The van der Waals surface area contributed by atoms with Crippen molar-refractivity contribution in [2.45, 2.75) is 39.6 Å². The Labute approximate surface area is 267 Å². The number of methoxy groups -OCH3 is 1. The summed E-state index contributed by atoms with van der Waals surface area (Å²) in [6, 6.07) is 27.9. The van der Waals surface area contributed by atoms with Crippen LogP contribution in [0.1, 0.15) is 52.6 Å². The second-order valence-corrected chi connectivity index (χ2v) is 10.9. The molecule has 46 heavy (non-hydrogen) atoms. The predicted octanol–water partition coefficient (Wildman–Crippen LogP) is 5.67. The molecule has 1 aliphatic heterocycles. The Morgan fingerprint density at radius 3 is 2.35 bits per heavy atom. The summed E-state index contributed by atoms with van der Waals surface area (Å²) in [5.41, 5.74) is 4.88. The van der Waals surface area contributed by atoms with Crippen LogP contribution in [0, 0.1) is 0 Å². The lowest BCUT2D eigenvalue weighted by atomic mass is 10.00. The molecule has 5 rings (SSSR count). The van der Waals surface area contributed by atoms with Crippen LogP contribution in [0.4, 0.5) is 11.4 Å². The van der Waals surface area contributed by atoms with Crippen LogP contribution in [-0.4, -0.2) is 42.2 Å². The molecule has 0 aromatic heterocycles. The van der Waals surface area contributed by atoms with E-state index in [1.54, 1.807) is 37.1 Å². The van der Waals surface area contributed by atoms with E-state index in [4.69, 9.17) is 14.2 Å². The number of hydrogen-bond acceptors (Lipinski definition) is 8. The average molecular weight is 622 g/mol. The van der Waals surface area contributed by atoms with E-state index >= 15 is 0 Å². The molecule has 1 heterocycles. The number of nitrogens with one attached hydrogen (secondary N) is 2. The van der Waals surface area contributed by atoms with Gasteiger partial charge in [-0.15, -0.1) is 0 Å². The number of ketones is 1. The molecule has 0 fully saturated rings. The van der Waals surface area contributed by atoms with Gasteiger partial charge in [0.05, 0.1) is 12.7 Å². The van der Waals surface area contributed by atoms with E-state index in [0.29, 0.717) is 41.4 Å². The summed E-state index contributed by atoms with van der Waals surface area (Å²) in [6.07, 6.45) is -0.155. The molecule has 4 aromatic carbocycles. The van der Waals surface area contributed by atoms with Gasteiger partial charge in [0.15, 0.2) is 6.61 Å². The van der Waals surface area contributed by atoms with E-state index in [1.165, 1.54) is 6.92 Å². The van der Waals surface area contributed by atoms with Gasteiger partial charge in [0, 0.05) is 36.8 Å². The van der Waals surface area contributed by atoms with E-state index in [2.05, 4.69) is 10.6 Å². The molecule has 0 saturated heterocycles. The van der Waals surface area contributed by atoms with Gasteiger partial charge in [0.1, 0.15) is 30.1 Å². The Balaban J connectivity index is 1.42. The van der Waals surface area contributed by atoms with Gasteiger partial charge in [0.25, 0.3) is 11.8 Å². The van der Waals surface area contributed by atoms with Crippen molar-refractivity contribution in [1.29, 1.82) is 0 Å². The van der Waals surface area contributed by atoms with Crippen molar-refractivity contribution in [2.24, 2.45) is 0 Å². The Morgan fingerprint density at radius 2 is 1.65 bits per heavy atom. The fraction of sp³-hybridized carbons (Fsp3) is 0.222. The first-order valence-corrected chi connectivity index (χ1v) is 14.8. The summed E-state index contributed by atoms with van der Waals surface area (Å²) in [5.74, 6) is 0.0979. The smallest absolute Gasteiger partial charge is 0.303 e. The maximum atomic E-state index is 14.1. The SMILES string of the molecule is COc1ccc(C2Nc3ccc(NC(=O)COC(C)=O)cc3C(=O)N2Cc2ccccc2)cc1COc1ccc(CC(C)=O)cc1. The molecule has 236 valence electrons. The maximum absolute atomic E-state index is 14.1. The number of fused-ring (bicyclic) bond motifs is 1. The van der Waals surface area contributed by atoms with Gasteiger partial charge in [-0.1, -0.05) is 48.5 Å². The van der Waals surface area contributed by atoms with Crippen LogP contribution in [0.5, 0.6) is 11.5 Å².